The van der Waals surface area contributed by atoms with Crippen molar-refractivity contribution >= 4 is 25.6 Å². The molecule has 2 aliphatic rings. The van der Waals surface area contributed by atoms with E-state index in [1.807, 2.05) is 54.6 Å². The molecular weight excluding hydrogens is 535 g/mol. The van der Waals surface area contributed by atoms with Gasteiger partial charge in [-0.25, -0.2) is 9.65 Å². The van der Waals surface area contributed by atoms with Crippen molar-refractivity contribution in [1.29, 1.82) is 0 Å². The summed E-state index contributed by atoms with van der Waals surface area (Å²) in [7, 11) is -4.01. The highest BCUT2D eigenvalue weighted by atomic mass is 31.2. The van der Waals surface area contributed by atoms with Crippen LogP contribution >= 0.6 is 7.75 Å². The van der Waals surface area contributed by atoms with E-state index < -0.39 is 43.2 Å². The van der Waals surface area contributed by atoms with E-state index in [0.29, 0.717) is 19.3 Å². The Hall–Kier alpha value is -3.04. The number of carbonyl (C=O) groups is 3. The fourth-order valence-electron chi connectivity index (χ4n) is 4.67. The summed E-state index contributed by atoms with van der Waals surface area (Å²) in [5.41, 5.74) is 2.58. The first-order valence-electron chi connectivity index (χ1n) is 13.5. The molecule has 0 spiro atoms. The molecule has 2 N–H and O–H groups in total. The molecule has 2 unspecified atom stereocenters. The first-order chi connectivity index (χ1) is 19.0. The zero-order chi connectivity index (χ0) is 28.8. The van der Waals surface area contributed by atoms with Gasteiger partial charge in [0.2, 0.25) is 5.91 Å². The summed E-state index contributed by atoms with van der Waals surface area (Å²) in [5, 5.41) is 5.25. The molecule has 10 nitrogen and oxygen atoms in total. The molecule has 216 valence electrons. The van der Waals surface area contributed by atoms with Crippen molar-refractivity contribution in [3.8, 4) is 0 Å². The van der Waals surface area contributed by atoms with Gasteiger partial charge in [-0.3, -0.25) is 23.4 Å². The van der Waals surface area contributed by atoms with Crippen LogP contribution in [0.25, 0.3) is 0 Å². The van der Waals surface area contributed by atoms with Crippen LogP contribution in [0.5, 0.6) is 0 Å². The van der Waals surface area contributed by atoms with Crippen molar-refractivity contribution in [3.05, 3.63) is 71.3 Å². The molecular formula is C29H37N2O8P. The number of carbonyl (C=O) groups excluding carboxylic acids is 3. The lowest BCUT2D eigenvalue weighted by Gasteiger charge is -2.40. The van der Waals surface area contributed by atoms with Crippen LogP contribution in [-0.4, -0.2) is 55.9 Å². The first-order valence-corrected chi connectivity index (χ1v) is 15.0. The molecule has 1 aliphatic heterocycles. The van der Waals surface area contributed by atoms with Crippen molar-refractivity contribution in [3.63, 3.8) is 0 Å². The van der Waals surface area contributed by atoms with Crippen LogP contribution in [0.4, 0.5) is 0 Å². The van der Waals surface area contributed by atoms with Crippen LogP contribution in [0.1, 0.15) is 43.9 Å². The zero-order valence-electron chi connectivity index (χ0n) is 23.1. The highest BCUT2D eigenvalue weighted by Crippen LogP contribution is 2.53. The molecule has 1 aliphatic carbocycles. The van der Waals surface area contributed by atoms with E-state index in [0.717, 1.165) is 5.56 Å². The second kappa shape index (κ2) is 13.1. The third kappa shape index (κ3) is 8.01. The molecule has 11 heteroatoms. The number of amides is 1. The zero-order valence-corrected chi connectivity index (χ0v) is 24.0. The molecule has 0 radical (unpaired) electrons. The molecule has 1 heterocycles. The van der Waals surface area contributed by atoms with Gasteiger partial charge in [-0.2, -0.15) is 0 Å². The van der Waals surface area contributed by atoms with Gasteiger partial charge in [-0.05, 0) is 23.6 Å². The maximum absolute atomic E-state index is 13.3. The molecule has 0 saturated carbocycles. The van der Waals surface area contributed by atoms with Crippen LogP contribution in [0.3, 0.4) is 0 Å². The molecule has 1 amide bonds. The topological polar surface area (TPSA) is 129 Å². The average molecular weight is 573 g/mol. The predicted octanol–water partition coefficient (Wildman–Crippen LogP) is 3.52. The molecule has 2 aromatic rings. The second-order valence-corrected chi connectivity index (χ2v) is 12.6. The maximum Gasteiger partial charge on any atom is 0.407 e. The van der Waals surface area contributed by atoms with Crippen LogP contribution in [-0.2, 0) is 56.7 Å². The maximum atomic E-state index is 13.3. The Labute approximate surface area is 234 Å². The quantitative estimate of drug-likeness (QED) is 0.307. The van der Waals surface area contributed by atoms with Crippen LogP contribution < -0.4 is 10.4 Å². The van der Waals surface area contributed by atoms with Crippen molar-refractivity contribution in [2.45, 2.75) is 64.7 Å². The monoisotopic (exact) mass is 572 g/mol. The standard InChI is InChI=1S/C29H37N2O8P/c1-20(28(34)36-16-14-21-9-5-4-6-10-21)31-40(35)37-19-29(2,3)26(39-40)27(33)30-15-13-25(32)38-24-17-22-11-7-8-12-23(22)18-24/h4-12,20,24,26H,13-19H2,1-3H3,(H,30,33)(H,31,35)/t20?,26-,40?/m0/s1. The van der Waals surface area contributed by atoms with E-state index in [4.69, 9.17) is 18.5 Å². The Morgan fingerprint density at radius 3 is 2.38 bits per heavy atom. The smallest absolute Gasteiger partial charge is 0.407 e. The summed E-state index contributed by atoms with van der Waals surface area (Å²) in [6.45, 7) is 5.13. The van der Waals surface area contributed by atoms with Crippen molar-refractivity contribution in [2.24, 2.45) is 5.41 Å². The van der Waals surface area contributed by atoms with Crippen molar-refractivity contribution in [1.82, 2.24) is 10.4 Å². The molecule has 0 bridgehead atoms. The molecule has 1 saturated heterocycles. The number of fused-ring (bicyclic) bond motifs is 1. The van der Waals surface area contributed by atoms with Gasteiger partial charge < -0.3 is 14.8 Å². The normalized spacial score (nSPS) is 22.6. The summed E-state index contributed by atoms with van der Waals surface area (Å²) >= 11 is 0. The van der Waals surface area contributed by atoms with Gasteiger partial charge in [-0.1, -0.05) is 68.4 Å². The summed E-state index contributed by atoms with van der Waals surface area (Å²) in [5.74, 6) is -1.56. The fraction of sp³-hybridized carbons (Fsp3) is 0.483. The molecule has 1 fully saturated rings. The van der Waals surface area contributed by atoms with Crippen molar-refractivity contribution < 1.29 is 37.5 Å². The van der Waals surface area contributed by atoms with Gasteiger partial charge in [0.25, 0.3) is 0 Å². The lowest BCUT2D eigenvalue weighted by Crippen LogP contribution is -2.51. The van der Waals surface area contributed by atoms with Crippen molar-refractivity contribution in [2.75, 3.05) is 19.8 Å². The lowest BCUT2D eigenvalue weighted by atomic mass is 9.87. The number of esters is 2. The summed E-state index contributed by atoms with van der Waals surface area (Å²) < 4.78 is 35.3. The van der Waals surface area contributed by atoms with Crippen LogP contribution in [0.2, 0.25) is 0 Å². The third-order valence-electron chi connectivity index (χ3n) is 6.92. The number of rotatable bonds is 11. The average Bonchev–Trinajstić information content (AvgIpc) is 3.33. The van der Waals surface area contributed by atoms with Gasteiger partial charge in [-0.15, -0.1) is 0 Å². The molecule has 4 rings (SSSR count). The van der Waals surface area contributed by atoms with E-state index in [1.54, 1.807) is 13.8 Å². The number of benzene rings is 2. The van der Waals surface area contributed by atoms with E-state index in [9.17, 15) is 18.9 Å². The Kier molecular flexibility index (Phi) is 9.79. The molecule has 3 atom stereocenters. The Morgan fingerprint density at radius 2 is 1.70 bits per heavy atom. The van der Waals surface area contributed by atoms with E-state index in [2.05, 4.69) is 10.4 Å². The number of ether oxygens (including phenoxy) is 2. The minimum Gasteiger partial charge on any atom is -0.464 e. The second-order valence-electron chi connectivity index (χ2n) is 10.8. The largest absolute Gasteiger partial charge is 0.464 e. The summed E-state index contributed by atoms with van der Waals surface area (Å²) in [4.78, 5) is 37.8. The minimum atomic E-state index is -4.01. The SMILES string of the molecule is CC(NP1(=O)OCC(C)(C)[C@H](C(=O)NCCC(=O)OC2Cc3ccccc3C2)O1)C(=O)OCCc1ccccc1. The molecule has 0 aromatic heterocycles. The number of nitrogens with one attached hydrogen (secondary N) is 2. The first kappa shape index (κ1) is 29.9. The van der Waals surface area contributed by atoms with E-state index >= 15 is 0 Å². The minimum absolute atomic E-state index is 0.00992. The van der Waals surface area contributed by atoms with Crippen LogP contribution in [0.15, 0.2) is 54.6 Å². The molecule has 2 aromatic carbocycles. The third-order valence-corrected chi connectivity index (χ3v) is 8.58. The van der Waals surface area contributed by atoms with Gasteiger partial charge in [0.05, 0.1) is 19.6 Å². The summed E-state index contributed by atoms with van der Waals surface area (Å²) in [6.07, 6.45) is 0.550. The fourth-order valence-corrected chi connectivity index (χ4v) is 6.60. The summed E-state index contributed by atoms with van der Waals surface area (Å²) in [6, 6.07) is 16.6. The van der Waals surface area contributed by atoms with Gasteiger partial charge in [0.15, 0.2) is 6.10 Å². The Balaban J connectivity index is 1.22. The predicted molar refractivity (Wildman–Crippen MR) is 147 cm³/mol. The van der Waals surface area contributed by atoms with Crippen LogP contribution in [0, 0.1) is 5.41 Å². The Morgan fingerprint density at radius 1 is 1.05 bits per heavy atom. The van der Waals surface area contributed by atoms with Gasteiger partial charge in [0, 0.05) is 31.2 Å². The lowest BCUT2D eigenvalue weighted by molar-refractivity contribution is -0.148. The van der Waals surface area contributed by atoms with Gasteiger partial charge >= 0.3 is 19.7 Å². The number of hydrogen-bond donors (Lipinski definition) is 2. The van der Waals surface area contributed by atoms with Gasteiger partial charge in [0.1, 0.15) is 12.1 Å². The van der Waals surface area contributed by atoms with E-state index in [-0.39, 0.29) is 32.3 Å². The highest BCUT2D eigenvalue weighted by Gasteiger charge is 2.49. The van der Waals surface area contributed by atoms with E-state index in [1.165, 1.54) is 18.1 Å². The molecule has 40 heavy (non-hydrogen) atoms. The highest BCUT2D eigenvalue weighted by molar-refractivity contribution is 7.51. The number of hydrogen-bond acceptors (Lipinski definition) is 8. The Bertz CT molecular complexity index is 1230.